The van der Waals surface area contributed by atoms with Gasteiger partial charge in [0.05, 0.1) is 6.04 Å². The zero-order valence-corrected chi connectivity index (χ0v) is 22.9. The van der Waals surface area contributed by atoms with Gasteiger partial charge in [0.1, 0.15) is 11.5 Å². The van der Waals surface area contributed by atoms with E-state index in [4.69, 9.17) is 9.26 Å². The van der Waals surface area contributed by atoms with Crippen LogP contribution in [0.3, 0.4) is 0 Å². The summed E-state index contributed by atoms with van der Waals surface area (Å²) in [6.45, 7) is 1.67. The molecule has 4 fully saturated rings. The molecule has 1 aromatic heterocycles. The van der Waals surface area contributed by atoms with E-state index < -0.39 is 0 Å². The quantitative estimate of drug-likeness (QED) is 0.416. The van der Waals surface area contributed by atoms with E-state index in [0.29, 0.717) is 67.4 Å². The molecule has 0 radical (unpaired) electrons. The van der Waals surface area contributed by atoms with E-state index in [0.717, 1.165) is 49.1 Å². The number of rotatable bonds is 9. The van der Waals surface area contributed by atoms with Gasteiger partial charge in [0.2, 0.25) is 11.8 Å². The number of benzene rings is 2. The number of nitrogens with zero attached hydrogens (tertiary/aromatic N) is 4. The average Bonchev–Trinajstić information content (AvgIpc) is 3.34. The Morgan fingerprint density at radius 3 is 2.56 bits per heavy atom. The van der Waals surface area contributed by atoms with Gasteiger partial charge in [-0.25, -0.2) is 0 Å². The van der Waals surface area contributed by atoms with Gasteiger partial charge in [0.15, 0.2) is 5.82 Å². The Bertz CT molecular complexity index is 1480. The minimum atomic E-state index is -0.247. The largest absolute Gasteiger partial charge is 0.457 e. The van der Waals surface area contributed by atoms with E-state index in [1.807, 2.05) is 40.1 Å². The van der Waals surface area contributed by atoms with Crippen molar-refractivity contribution < 1.29 is 23.6 Å². The molecule has 1 N–H and O–H groups in total. The molecule has 2 saturated heterocycles. The van der Waals surface area contributed by atoms with Crippen molar-refractivity contribution in [3.05, 3.63) is 59.4 Å². The van der Waals surface area contributed by atoms with Crippen LogP contribution in [0, 0.1) is 0 Å². The van der Waals surface area contributed by atoms with Crippen molar-refractivity contribution in [2.75, 3.05) is 13.1 Å². The molecule has 41 heavy (non-hydrogen) atoms. The van der Waals surface area contributed by atoms with E-state index >= 15 is 0 Å². The lowest BCUT2D eigenvalue weighted by Gasteiger charge is -2.20. The molecule has 3 amide bonds. The third-order valence-corrected chi connectivity index (χ3v) is 8.58. The molecule has 2 saturated carbocycles. The number of nitrogens with one attached hydrogen (secondary N) is 1. The number of carbonyl (C=O) groups excluding carboxylic acids is 3. The second kappa shape index (κ2) is 10.6. The monoisotopic (exact) mass is 555 g/mol. The van der Waals surface area contributed by atoms with Gasteiger partial charge in [-0.2, -0.15) is 4.98 Å². The predicted molar refractivity (Wildman–Crippen MR) is 148 cm³/mol. The summed E-state index contributed by atoms with van der Waals surface area (Å²) >= 11 is 0. The van der Waals surface area contributed by atoms with Gasteiger partial charge in [-0.05, 0) is 68.5 Å². The zero-order valence-electron chi connectivity index (χ0n) is 22.9. The van der Waals surface area contributed by atoms with Crippen LogP contribution in [0.2, 0.25) is 0 Å². The van der Waals surface area contributed by atoms with Gasteiger partial charge >= 0.3 is 0 Å². The SMILES string of the molecule is O=C(N[C@H]1CC(=O)N(C2CC2)C1)c1ccc(CN2CCCC2=O)c(Oc2ccc(-c3nc(C4CCC4)no3)cc2)c1. The molecule has 10 nitrogen and oxygen atoms in total. The lowest BCUT2D eigenvalue weighted by Crippen LogP contribution is -2.37. The van der Waals surface area contributed by atoms with Gasteiger partial charge in [-0.15, -0.1) is 0 Å². The van der Waals surface area contributed by atoms with E-state index in [1.54, 1.807) is 12.1 Å². The van der Waals surface area contributed by atoms with Crippen LogP contribution in [0.1, 0.15) is 79.0 Å². The van der Waals surface area contributed by atoms with Crippen molar-refractivity contribution >= 4 is 17.7 Å². The van der Waals surface area contributed by atoms with Gasteiger partial charge in [-0.1, -0.05) is 17.6 Å². The minimum absolute atomic E-state index is 0.107. The van der Waals surface area contributed by atoms with Crippen LogP contribution in [0.4, 0.5) is 0 Å². The Hall–Kier alpha value is -4.21. The van der Waals surface area contributed by atoms with Crippen LogP contribution in [0.5, 0.6) is 11.5 Å². The number of hydrogen-bond donors (Lipinski definition) is 1. The molecule has 1 atom stereocenters. The van der Waals surface area contributed by atoms with E-state index in [9.17, 15) is 14.4 Å². The number of amides is 3. The van der Waals surface area contributed by atoms with Crippen molar-refractivity contribution in [3.8, 4) is 23.0 Å². The smallest absolute Gasteiger partial charge is 0.257 e. The normalized spacial score (nSPS) is 20.9. The highest BCUT2D eigenvalue weighted by Gasteiger charge is 2.39. The first-order chi connectivity index (χ1) is 20.0. The Morgan fingerprint density at radius 2 is 1.85 bits per heavy atom. The van der Waals surface area contributed by atoms with Crippen LogP contribution in [0.25, 0.3) is 11.5 Å². The lowest BCUT2D eigenvalue weighted by molar-refractivity contribution is -0.129. The predicted octanol–water partition coefficient (Wildman–Crippen LogP) is 4.41. The second-order valence-electron chi connectivity index (χ2n) is 11.6. The molecule has 4 aliphatic rings. The first-order valence-corrected chi connectivity index (χ1v) is 14.6. The van der Waals surface area contributed by atoms with Gasteiger partial charge in [0.25, 0.3) is 11.8 Å². The zero-order chi connectivity index (χ0) is 27.9. The molecule has 2 aliphatic heterocycles. The van der Waals surface area contributed by atoms with Gasteiger partial charge in [0, 0.05) is 61.1 Å². The van der Waals surface area contributed by atoms with Crippen molar-refractivity contribution in [2.24, 2.45) is 0 Å². The number of likely N-dealkylation sites (tertiary alicyclic amines) is 2. The van der Waals surface area contributed by atoms with Crippen LogP contribution in [0.15, 0.2) is 47.0 Å². The third kappa shape index (κ3) is 5.42. The molecule has 7 rings (SSSR count). The molecule has 0 unspecified atom stereocenters. The van der Waals surface area contributed by atoms with Crippen molar-refractivity contribution in [1.29, 1.82) is 0 Å². The summed E-state index contributed by atoms with van der Waals surface area (Å²) in [6.07, 6.45) is 7.22. The Kier molecular flexibility index (Phi) is 6.68. The fourth-order valence-electron chi connectivity index (χ4n) is 5.81. The summed E-state index contributed by atoms with van der Waals surface area (Å²) in [5.74, 6) is 2.72. The Balaban J connectivity index is 1.09. The molecule has 2 aliphatic carbocycles. The maximum Gasteiger partial charge on any atom is 0.257 e. The molecule has 0 bridgehead atoms. The highest BCUT2D eigenvalue weighted by atomic mass is 16.5. The lowest BCUT2D eigenvalue weighted by atomic mass is 9.85. The van der Waals surface area contributed by atoms with Crippen LogP contribution >= 0.6 is 0 Å². The highest BCUT2D eigenvalue weighted by molar-refractivity contribution is 5.95. The van der Waals surface area contributed by atoms with E-state index in [-0.39, 0.29) is 23.8 Å². The van der Waals surface area contributed by atoms with Crippen LogP contribution < -0.4 is 10.1 Å². The summed E-state index contributed by atoms with van der Waals surface area (Å²) in [7, 11) is 0. The minimum Gasteiger partial charge on any atom is -0.457 e. The molecular weight excluding hydrogens is 522 g/mol. The standard InChI is InChI=1S/C31H33N5O5/c37-27-5-2-14-35(27)17-22-7-6-21(30(39)32-23-16-28(38)36(18-23)24-10-11-24)15-26(22)40-25-12-8-20(9-13-25)31-33-29(34-41-31)19-3-1-4-19/h6-9,12-13,15,19,23-24H,1-5,10-11,14,16-18H2,(H,32,39)/t23-/m0/s1. The molecule has 3 heterocycles. The summed E-state index contributed by atoms with van der Waals surface area (Å²) in [4.78, 5) is 46.2. The molecule has 0 spiro atoms. The van der Waals surface area contributed by atoms with Crippen molar-refractivity contribution in [3.63, 3.8) is 0 Å². The molecule has 10 heteroatoms. The van der Waals surface area contributed by atoms with Crippen LogP contribution in [-0.2, 0) is 16.1 Å². The molecule has 212 valence electrons. The number of ether oxygens (including phenoxy) is 1. The molecule has 3 aromatic rings. The van der Waals surface area contributed by atoms with Crippen molar-refractivity contribution in [1.82, 2.24) is 25.3 Å². The third-order valence-electron chi connectivity index (χ3n) is 8.58. The van der Waals surface area contributed by atoms with E-state index in [1.165, 1.54) is 6.42 Å². The first-order valence-electron chi connectivity index (χ1n) is 14.6. The second-order valence-corrected chi connectivity index (χ2v) is 11.6. The summed E-state index contributed by atoms with van der Waals surface area (Å²) in [6, 6.07) is 12.9. The number of aromatic nitrogens is 2. The van der Waals surface area contributed by atoms with E-state index in [2.05, 4.69) is 15.5 Å². The number of hydrogen-bond acceptors (Lipinski definition) is 7. The molecule has 2 aromatic carbocycles. The van der Waals surface area contributed by atoms with Crippen molar-refractivity contribution in [2.45, 2.75) is 75.9 Å². The Labute approximate surface area is 238 Å². The summed E-state index contributed by atoms with van der Waals surface area (Å²) in [5, 5.41) is 7.17. The topological polar surface area (TPSA) is 118 Å². The maximum absolute atomic E-state index is 13.2. The number of carbonyl (C=O) groups is 3. The van der Waals surface area contributed by atoms with Gasteiger partial charge in [-0.3, -0.25) is 14.4 Å². The maximum atomic E-state index is 13.2. The first kappa shape index (κ1) is 25.7. The fraction of sp³-hybridized carbons (Fsp3) is 0.452. The fourth-order valence-corrected chi connectivity index (χ4v) is 5.81. The van der Waals surface area contributed by atoms with Crippen LogP contribution in [-0.4, -0.2) is 62.8 Å². The summed E-state index contributed by atoms with van der Waals surface area (Å²) < 4.78 is 11.8. The average molecular weight is 556 g/mol. The summed E-state index contributed by atoms with van der Waals surface area (Å²) in [5.41, 5.74) is 2.07. The molecular formula is C31H33N5O5. The Morgan fingerprint density at radius 1 is 1.02 bits per heavy atom. The highest BCUT2D eigenvalue weighted by Crippen LogP contribution is 2.36. The van der Waals surface area contributed by atoms with Gasteiger partial charge < -0.3 is 24.4 Å².